The molecule has 0 bridgehead atoms. The second kappa shape index (κ2) is 2.65. The van der Waals surface area contributed by atoms with Crippen LogP contribution in [0, 0.1) is 0 Å². The first-order valence-electron chi connectivity index (χ1n) is 3.85. The maximum atomic E-state index is 11.2. The smallest absolute Gasteiger partial charge is 0.374 e. The van der Waals surface area contributed by atoms with E-state index in [0.29, 0.717) is 12.8 Å². The Balaban J connectivity index is 2.18. The van der Waals surface area contributed by atoms with E-state index in [9.17, 15) is 9.59 Å². The lowest BCUT2D eigenvalue weighted by Gasteiger charge is -2.27. The molecule has 1 N–H and O–H groups in total. The highest BCUT2D eigenvalue weighted by Gasteiger charge is 2.48. The fourth-order valence-electron chi connectivity index (χ4n) is 1.50. The molecule has 66 valence electrons. The Morgan fingerprint density at radius 2 is 2.00 bits per heavy atom. The summed E-state index contributed by atoms with van der Waals surface area (Å²) in [6, 6.07) is 0. The summed E-state index contributed by atoms with van der Waals surface area (Å²) >= 11 is 1.80. The van der Waals surface area contributed by atoms with Crippen molar-refractivity contribution in [1.29, 1.82) is 0 Å². The number of thioether (sulfide) groups is 1. The number of nitrogens with one attached hydrogen (secondary N) is 1. The summed E-state index contributed by atoms with van der Waals surface area (Å²) in [6.45, 7) is 0. The Labute approximate surface area is 74.0 Å². The molecule has 2 aliphatic heterocycles. The van der Waals surface area contributed by atoms with Crippen molar-refractivity contribution in [2.24, 2.45) is 0 Å². The lowest BCUT2D eigenvalue weighted by Crippen LogP contribution is -2.48. The number of cyclic esters (lactones) is 2. The third kappa shape index (κ3) is 1.08. The second-order valence-electron chi connectivity index (χ2n) is 3.00. The van der Waals surface area contributed by atoms with Crippen molar-refractivity contribution in [1.82, 2.24) is 5.32 Å². The number of esters is 1. The van der Waals surface area contributed by atoms with Crippen LogP contribution < -0.4 is 5.32 Å². The molecule has 2 rings (SSSR count). The van der Waals surface area contributed by atoms with Crippen molar-refractivity contribution in [2.45, 2.75) is 18.4 Å². The zero-order valence-electron chi connectivity index (χ0n) is 6.46. The van der Waals surface area contributed by atoms with Gasteiger partial charge < -0.3 is 10.1 Å². The minimum atomic E-state index is -0.678. The largest absolute Gasteiger partial charge is 0.415 e. The summed E-state index contributed by atoms with van der Waals surface area (Å²) in [5, 5.41) is 2.59. The van der Waals surface area contributed by atoms with Crippen molar-refractivity contribution < 1.29 is 14.3 Å². The number of hydrogen-bond donors (Lipinski definition) is 1. The molecule has 2 saturated heterocycles. The Morgan fingerprint density at radius 3 is 2.50 bits per heavy atom. The van der Waals surface area contributed by atoms with Crippen LogP contribution in [0.2, 0.25) is 0 Å². The third-order valence-corrected chi connectivity index (χ3v) is 3.25. The van der Waals surface area contributed by atoms with Crippen LogP contribution in [0.3, 0.4) is 0 Å². The molecule has 0 aliphatic carbocycles. The van der Waals surface area contributed by atoms with Gasteiger partial charge in [-0.2, -0.15) is 11.8 Å². The Morgan fingerprint density at radius 1 is 1.33 bits per heavy atom. The summed E-state index contributed by atoms with van der Waals surface area (Å²) in [5.41, 5.74) is -0.678. The van der Waals surface area contributed by atoms with Gasteiger partial charge in [-0.25, -0.2) is 9.59 Å². The molecule has 0 aromatic rings. The molecule has 2 fully saturated rings. The SMILES string of the molecule is O=C1NC2(CCSCC2)C(=O)O1. The minimum absolute atomic E-state index is 0.396. The van der Waals surface area contributed by atoms with Gasteiger partial charge in [-0.15, -0.1) is 0 Å². The number of carbonyl (C=O) groups is 2. The molecular weight excluding hydrogens is 178 g/mol. The highest BCUT2D eigenvalue weighted by Crippen LogP contribution is 2.30. The number of rotatable bonds is 0. The molecular formula is C7H9NO3S. The molecule has 4 nitrogen and oxygen atoms in total. The molecule has 2 heterocycles. The summed E-state index contributed by atoms with van der Waals surface area (Å²) in [7, 11) is 0. The van der Waals surface area contributed by atoms with Gasteiger partial charge in [0.25, 0.3) is 0 Å². The van der Waals surface area contributed by atoms with Gasteiger partial charge in [-0.05, 0) is 24.3 Å². The van der Waals surface area contributed by atoms with Gasteiger partial charge in [0.1, 0.15) is 5.54 Å². The van der Waals surface area contributed by atoms with E-state index in [1.807, 2.05) is 0 Å². The third-order valence-electron chi connectivity index (χ3n) is 2.26. The number of amides is 1. The summed E-state index contributed by atoms with van der Waals surface area (Å²) < 4.78 is 4.46. The van der Waals surface area contributed by atoms with Gasteiger partial charge in [-0.1, -0.05) is 0 Å². The van der Waals surface area contributed by atoms with E-state index in [0.717, 1.165) is 11.5 Å². The highest BCUT2D eigenvalue weighted by atomic mass is 32.2. The summed E-state index contributed by atoms with van der Waals surface area (Å²) in [4.78, 5) is 22.0. The molecule has 12 heavy (non-hydrogen) atoms. The predicted octanol–water partition coefficient (Wildman–Crippen LogP) is 0.519. The Bertz CT molecular complexity index is 235. The molecule has 0 aromatic heterocycles. The van der Waals surface area contributed by atoms with Crippen molar-refractivity contribution >= 4 is 23.8 Å². The van der Waals surface area contributed by atoms with Gasteiger partial charge in [0, 0.05) is 0 Å². The zero-order valence-corrected chi connectivity index (χ0v) is 7.28. The molecule has 0 radical (unpaired) electrons. The van der Waals surface area contributed by atoms with Crippen LogP contribution in [0.25, 0.3) is 0 Å². The van der Waals surface area contributed by atoms with Gasteiger partial charge in [0.2, 0.25) is 0 Å². The summed E-state index contributed by atoms with van der Waals surface area (Å²) in [6.07, 6.45) is 0.803. The van der Waals surface area contributed by atoms with Gasteiger partial charge >= 0.3 is 12.1 Å². The molecule has 0 atom stereocenters. The average Bonchev–Trinajstić information content (AvgIpc) is 2.29. The van der Waals surface area contributed by atoms with Gasteiger partial charge in [0.15, 0.2) is 0 Å². The first-order chi connectivity index (χ1) is 5.73. The van der Waals surface area contributed by atoms with Gasteiger partial charge in [-0.3, -0.25) is 0 Å². The first-order valence-corrected chi connectivity index (χ1v) is 5.01. The van der Waals surface area contributed by atoms with Crippen LogP contribution in [-0.4, -0.2) is 29.1 Å². The number of hydrogen-bond acceptors (Lipinski definition) is 4. The monoisotopic (exact) mass is 187 g/mol. The van der Waals surface area contributed by atoms with Crippen molar-refractivity contribution in [2.75, 3.05) is 11.5 Å². The minimum Gasteiger partial charge on any atom is -0.374 e. The molecule has 1 spiro atoms. The van der Waals surface area contributed by atoms with Crippen molar-refractivity contribution in [3.05, 3.63) is 0 Å². The molecule has 0 aromatic carbocycles. The van der Waals surface area contributed by atoms with Crippen LogP contribution in [0.5, 0.6) is 0 Å². The molecule has 2 aliphatic rings. The topological polar surface area (TPSA) is 55.4 Å². The van der Waals surface area contributed by atoms with E-state index >= 15 is 0 Å². The quantitative estimate of drug-likeness (QED) is 0.443. The Kier molecular flexibility index (Phi) is 1.75. The zero-order chi connectivity index (χ0) is 8.60. The maximum Gasteiger partial charge on any atom is 0.415 e. The van der Waals surface area contributed by atoms with E-state index in [4.69, 9.17) is 0 Å². The van der Waals surface area contributed by atoms with Gasteiger partial charge in [0.05, 0.1) is 0 Å². The fourth-order valence-corrected chi connectivity index (χ4v) is 2.69. The predicted molar refractivity (Wildman–Crippen MR) is 43.9 cm³/mol. The summed E-state index contributed by atoms with van der Waals surface area (Å²) in [5.74, 6) is 1.43. The number of carbonyl (C=O) groups excluding carboxylic acids is 2. The van der Waals surface area contributed by atoms with Crippen LogP contribution >= 0.6 is 11.8 Å². The first kappa shape index (κ1) is 7.91. The van der Waals surface area contributed by atoms with E-state index in [1.165, 1.54) is 0 Å². The molecule has 0 saturated carbocycles. The highest BCUT2D eigenvalue weighted by molar-refractivity contribution is 7.99. The van der Waals surface area contributed by atoms with E-state index in [1.54, 1.807) is 11.8 Å². The van der Waals surface area contributed by atoms with Crippen molar-refractivity contribution in [3.63, 3.8) is 0 Å². The van der Waals surface area contributed by atoms with E-state index in [2.05, 4.69) is 10.1 Å². The van der Waals surface area contributed by atoms with E-state index in [-0.39, 0.29) is 0 Å². The number of ether oxygens (including phenoxy) is 1. The maximum absolute atomic E-state index is 11.2. The normalized spacial score (nSPS) is 27.0. The van der Waals surface area contributed by atoms with Crippen LogP contribution in [0.15, 0.2) is 0 Å². The standard InChI is InChI=1S/C7H9NO3S/c9-5-7(8-6(10)11-5)1-3-12-4-2-7/h1-4H2,(H,8,10). The number of alkyl carbamates (subject to hydrolysis) is 1. The fraction of sp³-hybridized carbons (Fsp3) is 0.714. The Hall–Kier alpha value is -0.710. The molecule has 1 amide bonds. The lowest BCUT2D eigenvalue weighted by molar-refractivity contribution is -0.139. The van der Waals surface area contributed by atoms with Crippen molar-refractivity contribution in [3.8, 4) is 0 Å². The van der Waals surface area contributed by atoms with Crippen LogP contribution in [0.1, 0.15) is 12.8 Å². The molecule has 5 heteroatoms. The molecule has 0 unspecified atom stereocenters. The average molecular weight is 187 g/mol. The van der Waals surface area contributed by atoms with E-state index < -0.39 is 17.6 Å². The lowest BCUT2D eigenvalue weighted by atomic mass is 9.93. The second-order valence-corrected chi connectivity index (χ2v) is 4.22. The van der Waals surface area contributed by atoms with Crippen LogP contribution in [-0.2, 0) is 9.53 Å². The van der Waals surface area contributed by atoms with Crippen LogP contribution in [0.4, 0.5) is 4.79 Å².